The maximum atomic E-state index is 13.4. The van der Waals surface area contributed by atoms with E-state index in [1.54, 1.807) is 44.3 Å². The molecule has 0 saturated heterocycles. The van der Waals surface area contributed by atoms with Crippen LogP contribution in [0.5, 0.6) is 0 Å². The molecule has 1 aliphatic rings. The van der Waals surface area contributed by atoms with Gasteiger partial charge in [0, 0.05) is 19.2 Å². The third kappa shape index (κ3) is 3.76. The molecule has 8 nitrogen and oxygen atoms in total. The first-order chi connectivity index (χ1) is 15.4. The quantitative estimate of drug-likeness (QED) is 0.650. The fourth-order valence-electron chi connectivity index (χ4n) is 3.99. The Balaban J connectivity index is 1.61. The molecular weight excluding hydrogens is 437 g/mol. The number of aliphatic hydroxyl groups is 1. The number of alkyl halides is 3. The second kappa shape index (κ2) is 7.74. The van der Waals surface area contributed by atoms with E-state index in [9.17, 15) is 23.1 Å². The lowest BCUT2D eigenvalue weighted by Gasteiger charge is -2.36. The van der Waals surface area contributed by atoms with Gasteiger partial charge in [0.1, 0.15) is 5.69 Å². The molecule has 11 heteroatoms. The first-order valence-corrected chi connectivity index (χ1v) is 10.1. The molecule has 2 aromatic heterocycles. The van der Waals surface area contributed by atoms with E-state index in [1.807, 2.05) is 6.07 Å². The third-order valence-electron chi connectivity index (χ3n) is 5.84. The number of nitrogens with zero attached hydrogens (tertiary/aromatic N) is 6. The first-order valence-electron chi connectivity index (χ1n) is 10.1. The highest BCUT2D eigenvalue weighted by molar-refractivity contribution is 5.93. The van der Waals surface area contributed by atoms with Gasteiger partial charge in [-0.05, 0) is 32.0 Å². The SMILES string of the molecule is C[C@H]1CN(C(=O)c2cc(-c3ccc(C#N)cc3)nn2C)Cc2cnc(C(C)(O)C(F)(F)F)n21. The molecular formula is C22H21F3N6O2. The zero-order chi connectivity index (χ0) is 24.1. The second-order valence-corrected chi connectivity index (χ2v) is 8.28. The average molecular weight is 458 g/mol. The lowest BCUT2D eigenvalue weighted by molar-refractivity contribution is -0.263. The van der Waals surface area contributed by atoms with Gasteiger partial charge in [-0.1, -0.05) is 12.1 Å². The number of benzene rings is 1. The van der Waals surface area contributed by atoms with Gasteiger partial charge in [-0.25, -0.2) is 4.98 Å². The predicted molar refractivity (Wildman–Crippen MR) is 111 cm³/mol. The van der Waals surface area contributed by atoms with Crippen LogP contribution in [-0.2, 0) is 19.2 Å². The molecule has 1 aromatic carbocycles. The van der Waals surface area contributed by atoms with Gasteiger partial charge in [0.15, 0.2) is 5.82 Å². The predicted octanol–water partition coefficient (Wildman–Crippen LogP) is 3.14. The normalized spacial score (nSPS) is 17.9. The topological polar surface area (TPSA) is 100.0 Å². The molecule has 1 unspecified atom stereocenters. The highest BCUT2D eigenvalue weighted by Gasteiger charge is 2.55. The number of hydrogen-bond donors (Lipinski definition) is 1. The van der Waals surface area contributed by atoms with Gasteiger partial charge in [0.25, 0.3) is 5.91 Å². The van der Waals surface area contributed by atoms with Crippen molar-refractivity contribution in [1.29, 1.82) is 5.26 Å². The summed E-state index contributed by atoms with van der Waals surface area (Å²) in [6.45, 7) is 2.53. The van der Waals surface area contributed by atoms with Gasteiger partial charge in [0.2, 0.25) is 5.60 Å². The lowest BCUT2D eigenvalue weighted by atomic mass is 10.0. The van der Waals surface area contributed by atoms with Crippen molar-refractivity contribution in [2.45, 2.75) is 38.2 Å². The minimum Gasteiger partial charge on any atom is -0.374 e. The Kier molecular flexibility index (Phi) is 5.29. The molecule has 172 valence electrons. The van der Waals surface area contributed by atoms with Crippen molar-refractivity contribution in [3.63, 3.8) is 0 Å². The molecule has 0 bridgehead atoms. The number of imidazole rings is 1. The van der Waals surface area contributed by atoms with E-state index in [1.165, 1.54) is 20.3 Å². The summed E-state index contributed by atoms with van der Waals surface area (Å²) in [4.78, 5) is 18.6. The van der Waals surface area contributed by atoms with Gasteiger partial charge in [-0.2, -0.15) is 23.5 Å². The van der Waals surface area contributed by atoms with Crippen LogP contribution in [0.4, 0.5) is 13.2 Å². The molecule has 33 heavy (non-hydrogen) atoms. The van der Waals surface area contributed by atoms with Crippen molar-refractivity contribution in [3.8, 4) is 17.3 Å². The Hall–Kier alpha value is -3.65. The number of aromatic nitrogens is 4. The molecule has 1 N–H and O–H groups in total. The molecule has 3 aromatic rings. The van der Waals surface area contributed by atoms with Crippen molar-refractivity contribution in [3.05, 3.63) is 59.3 Å². The molecule has 0 aliphatic carbocycles. The van der Waals surface area contributed by atoms with Crippen LogP contribution in [0, 0.1) is 11.3 Å². The third-order valence-corrected chi connectivity index (χ3v) is 5.84. The number of carbonyl (C=O) groups is 1. The van der Waals surface area contributed by atoms with Crippen LogP contribution in [0.2, 0.25) is 0 Å². The van der Waals surface area contributed by atoms with Gasteiger partial charge in [-0.15, -0.1) is 0 Å². The van der Waals surface area contributed by atoms with Crippen LogP contribution < -0.4 is 0 Å². The number of carbonyl (C=O) groups excluding carboxylic acids is 1. The van der Waals surface area contributed by atoms with Crippen LogP contribution in [0.15, 0.2) is 36.5 Å². The molecule has 4 rings (SSSR count). The molecule has 2 atom stereocenters. The second-order valence-electron chi connectivity index (χ2n) is 8.28. The maximum Gasteiger partial charge on any atom is 0.424 e. The molecule has 3 heterocycles. The fraction of sp³-hybridized carbons (Fsp3) is 0.364. The van der Waals surface area contributed by atoms with Gasteiger partial charge in [0.05, 0.1) is 41.8 Å². The summed E-state index contributed by atoms with van der Waals surface area (Å²) in [6.07, 6.45) is -3.63. The molecule has 0 saturated carbocycles. The molecule has 0 spiro atoms. The number of rotatable bonds is 3. The molecule has 0 fully saturated rings. The molecule has 0 radical (unpaired) electrons. The average Bonchev–Trinajstić information content (AvgIpc) is 3.37. The van der Waals surface area contributed by atoms with E-state index in [0.29, 0.717) is 29.6 Å². The van der Waals surface area contributed by atoms with E-state index in [2.05, 4.69) is 10.1 Å². The van der Waals surface area contributed by atoms with E-state index in [0.717, 1.165) is 5.56 Å². The van der Waals surface area contributed by atoms with Gasteiger partial charge >= 0.3 is 6.18 Å². The van der Waals surface area contributed by atoms with Crippen molar-refractivity contribution >= 4 is 5.91 Å². The number of fused-ring (bicyclic) bond motifs is 1. The Morgan fingerprint density at radius 1 is 1.27 bits per heavy atom. The number of halogens is 3. The maximum absolute atomic E-state index is 13.4. The van der Waals surface area contributed by atoms with Crippen molar-refractivity contribution in [2.75, 3.05) is 6.54 Å². The summed E-state index contributed by atoms with van der Waals surface area (Å²) in [5.41, 5.74) is -0.581. The van der Waals surface area contributed by atoms with E-state index >= 15 is 0 Å². The summed E-state index contributed by atoms with van der Waals surface area (Å²) in [5, 5.41) is 23.4. The molecule has 1 amide bonds. The van der Waals surface area contributed by atoms with Crippen molar-refractivity contribution < 1.29 is 23.1 Å². The Morgan fingerprint density at radius 3 is 2.55 bits per heavy atom. The Morgan fingerprint density at radius 2 is 1.94 bits per heavy atom. The fourth-order valence-corrected chi connectivity index (χ4v) is 3.99. The monoisotopic (exact) mass is 458 g/mol. The van der Waals surface area contributed by atoms with Crippen LogP contribution in [0.25, 0.3) is 11.3 Å². The van der Waals surface area contributed by atoms with Crippen molar-refractivity contribution in [1.82, 2.24) is 24.2 Å². The zero-order valence-electron chi connectivity index (χ0n) is 18.1. The number of hydrogen-bond acceptors (Lipinski definition) is 5. The van der Waals surface area contributed by atoms with E-state index in [-0.39, 0.29) is 19.0 Å². The number of nitriles is 1. The number of aryl methyl sites for hydroxylation is 1. The summed E-state index contributed by atoms with van der Waals surface area (Å²) >= 11 is 0. The van der Waals surface area contributed by atoms with Crippen LogP contribution >= 0.6 is 0 Å². The summed E-state index contributed by atoms with van der Waals surface area (Å²) < 4.78 is 42.9. The van der Waals surface area contributed by atoms with E-state index in [4.69, 9.17) is 5.26 Å². The zero-order valence-corrected chi connectivity index (χ0v) is 18.1. The summed E-state index contributed by atoms with van der Waals surface area (Å²) in [6, 6.07) is 9.95. The van der Waals surface area contributed by atoms with E-state index < -0.39 is 23.6 Å². The Labute approximate surface area is 187 Å². The standard InChI is InChI=1S/C22H21F3N6O2/c1-13-11-30(12-16-10-27-20(31(13)16)21(2,33)22(23,24)25)19(32)18-8-17(28-29(18)3)15-6-4-14(9-26)5-7-15/h4-8,10,13,33H,11-12H2,1-3H3/t13-,21?/m0/s1. The van der Waals surface area contributed by atoms with Gasteiger partial charge in [-0.3, -0.25) is 9.48 Å². The number of amides is 1. The van der Waals surface area contributed by atoms with Crippen LogP contribution in [0.3, 0.4) is 0 Å². The smallest absolute Gasteiger partial charge is 0.374 e. The highest BCUT2D eigenvalue weighted by Crippen LogP contribution is 2.40. The largest absolute Gasteiger partial charge is 0.424 e. The lowest BCUT2D eigenvalue weighted by Crippen LogP contribution is -2.45. The Bertz CT molecular complexity index is 1250. The molecule has 1 aliphatic heterocycles. The van der Waals surface area contributed by atoms with Crippen LogP contribution in [-0.4, -0.2) is 48.0 Å². The minimum absolute atomic E-state index is 0.0431. The first kappa shape index (κ1) is 22.5. The van der Waals surface area contributed by atoms with Crippen LogP contribution in [0.1, 0.15) is 47.5 Å². The minimum atomic E-state index is -4.89. The van der Waals surface area contributed by atoms with Gasteiger partial charge < -0.3 is 14.6 Å². The summed E-state index contributed by atoms with van der Waals surface area (Å²) in [5.74, 6) is -0.818. The summed E-state index contributed by atoms with van der Waals surface area (Å²) in [7, 11) is 1.64. The van der Waals surface area contributed by atoms with Crippen molar-refractivity contribution in [2.24, 2.45) is 7.05 Å². The highest BCUT2D eigenvalue weighted by atomic mass is 19.4.